The van der Waals surface area contributed by atoms with Crippen LogP contribution in [0.5, 0.6) is 0 Å². The molecule has 2 atom stereocenters. The summed E-state index contributed by atoms with van der Waals surface area (Å²) in [6.07, 6.45) is 3.51. The maximum Gasteiger partial charge on any atom is 0.239 e. The predicted octanol–water partition coefficient (Wildman–Crippen LogP) is 4.62. The molecule has 2 heterocycles. The minimum atomic E-state index is -0.733. The van der Waals surface area contributed by atoms with E-state index in [1.807, 2.05) is 50.8 Å². The zero-order valence-corrected chi connectivity index (χ0v) is 18.6. The lowest BCUT2D eigenvalue weighted by Gasteiger charge is -2.28. The molecule has 2 aromatic rings. The van der Waals surface area contributed by atoms with Crippen molar-refractivity contribution in [2.24, 2.45) is 11.1 Å². The largest absolute Gasteiger partial charge is 0.368 e. The Hall–Kier alpha value is -2.41. The van der Waals surface area contributed by atoms with E-state index in [0.717, 1.165) is 24.0 Å². The van der Waals surface area contributed by atoms with Crippen LogP contribution in [-0.2, 0) is 4.79 Å². The van der Waals surface area contributed by atoms with Crippen LogP contribution in [0.2, 0.25) is 5.02 Å². The van der Waals surface area contributed by atoms with Crippen LogP contribution in [0, 0.1) is 18.2 Å². The van der Waals surface area contributed by atoms with Crippen LogP contribution in [0.15, 0.2) is 24.5 Å². The molecule has 1 fully saturated rings. The van der Waals surface area contributed by atoms with Gasteiger partial charge in [-0.05, 0) is 48.8 Å². The Morgan fingerprint density at radius 3 is 2.77 bits per heavy atom. The van der Waals surface area contributed by atoms with Crippen molar-refractivity contribution in [3.8, 4) is 0 Å². The number of nitrogens with two attached hydrogens (primary N) is 1. The summed E-state index contributed by atoms with van der Waals surface area (Å²) in [5, 5.41) is 3.55. The Morgan fingerprint density at radius 1 is 1.40 bits per heavy atom. The molecule has 6 nitrogen and oxygen atoms in total. The van der Waals surface area contributed by atoms with Gasteiger partial charge in [0.15, 0.2) is 11.6 Å². The minimum Gasteiger partial charge on any atom is -0.368 e. The number of anilines is 2. The lowest BCUT2D eigenvalue weighted by atomic mass is 9.88. The smallest absolute Gasteiger partial charge is 0.239 e. The number of aromatic nitrogens is 2. The topological polar surface area (TPSA) is 84.1 Å². The number of carbonyl (C=O) groups is 1. The fraction of sp³-hybridized carbons (Fsp3) is 0.500. The molecule has 162 valence electrons. The van der Waals surface area contributed by atoms with Crippen LogP contribution in [0.25, 0.3) is 0 Å². The van der Waals surface area contributed by atoms with Crippen molar-refractivity contribution >= 4 is 29.1 Å². The van der Waals surface area contributed by atoms with Gasteiger partial charge in [-0.1, -0.05) is 44.5 Å². The van der Waals surface area contributed by atoms with E-state index in [1.54, 1.807) is 0 Å². The summed E-state index contributed by atoms with van der Waals surface area (Å²) in [7, 11) is 0. The number of rotatable bonds is 6. The average molecular weight is 434 g/mol. The molecule has 0 bridgehead atoms. The molecule has 1 aliphatic rings. The van der Waals surface area contributed by atoms with E-state index < -0.39 is 17.8 Å². The molecule has 2 unspecified atom stereocenters. The van der Waals surface area contributed by atoms with Crippen molar-refractivity contribution in [1.29, 1.82) is 0 Å². The fourth-order valence-corrected chi connectivity index (χ4v) is 4.27. The highest BCUT2D eigenvalue weighted by Crippen LogP contribution is 2.40. The molecule has 0 radical (unpaired) electrons. The summed E-state index contributed by atoms with van der Waals surface area (Å²) in [4.78, 5) is 22.1. The first kappa shape index (κ1) is 22.3. The van der Waals surface area contributed by atoms with Gasteiger partial charge in [0.2, 0.25) is 11.7 Å². The van der Waals surface area contributed by atoms with Gasteiger partial charge < -0.3 is 16.0 Å². The highest BCUT2D eigenvalue weighted by atomic mass is 35.5. The summed E-state index contributed by atoms with van der Waals surface area (Å²) in [6.45, 7) is 8.62. The molecule has 1 saturated heterocycles. The number of amides is 1. The molecule has 0 saturated carbocycles. The second-order valence-electron chi connectivity index (χ2n) is 9.10. The van der Waals surface area contributed by atoms with Crippen LogP contribution < -0.4 is 16.0 Å². The number of carbonyl (C=O) groups excluding carboxylic acids is 1. The van der Waals surface area contributed by atoms with Crippen LogP contribution in [0.4, 0.5) is 16.0 Å². The molecular formula is C22H29ClFN5O. The second-order valence-corrected chi connectivity index (χ2v) is 9.51. The minimum absolute atomic E-state index is 0.0197. The van der Waals surface area contributed by atoms with E-state index in [1.165, 1.54) is 6.33 Å². The van der Waals surface area contributed by atoms with Gasteiger partial charge in [-0.15, -0.1) is 0 Å². The van der Waals surface area contributed by atoms with E-state index >= 15 is 4.39 Å². The molecule has 0 aliphatic carbocycles. The fourth-order valence-electron chi connectivity index (χ4n) is 3.91. The number of aryl methyl sites for hydroxylation is 1. The van der Waals surface area contributed by atoms with Gasteiger partial charge in [-0.25, -0.2) is 9.97 Å². The van der Waals surface area contributed by atoms with Crippen LogP contribution in [0.1, 0.15) is 57.2 Å². The molecule has 3 N–H and O–H groups in total. The summed E-state index contributed by atoms with van der Waals surface area (Å²) in [6, 6.07) is 5.11. The van der Waals surface area contributed by atoms with Crippen LogP contribution in [-0.4, -0.2) is 28.5 Å². The Bertz CT molecular complexity index is 930. The average Bonchev–Trinajstić information content (AvgIpc) is 3.10. The first-order valence-corrected chi connectivity index (χ1v) is 10.5. The predicted molar refractivity (Wildman–Crippen MR) is 118 cm³/mol. The van der Waals surface area contributed by atoms with Crippen molar-refractivity contribution < 1.29 is 9.18 Å². The Kier molecular flexibility index (Phi) is 6.50. The first-order chi connectivity index (χ1) is 14.1. The van der Waals surface area contributed by atoms with Gasteiger partial charge >= 0.3 is 0 Å². The summed E-state index contributed by atoms with van der Waals surface area (Å²) in [5.74, 6) is -0.956. The summed E-state index contributed by atoms with van der Waals surface area (Å²) in [5.41, 5.74) is 7.40. The molecular weight excluding hydrogens is 405 g/mol. The maximum atomic E-state index is 15.4. The quantitative estimate of drug-likeness (QED) is 0.694. The highest BCUT2D eigenvalue weighted by Gasteiger charge is 2.32. The number of benzene rings is 1. The Morgan fingerprint density at radius 2 is 2.13 bits per heavy atom. The molecule has 0 spiro atoms. The van der Waals surface area contributed by atoms with Crippen molar-refractivity contribution in [3.05, 3.63) is 46.5 Å². The van der Waals surface area contributed by atoms with Gasteiger partial charge in [0.05, 0.1) is 6.04 Å². The molecule has 1 aliphatic heterocycles. The third-order valence-corrected chi connectivity index (χ3v) is 5.61. The molecule has 1 amide bonds. The first-order valence-electron chi connectivity index (χ1n) is 10.2. The van der Waals surface area contributed by atoms with Crippen LogP contribution >= 0.6 is 11.6 Å². The monoisotopic (exact) mass is 433 g/mol. The standard InChI is InChI=1S/C22H29ClFN5O/c1-13-7-8-14(15(23)10-13)17-6-5-9-29(17)21-18(24)20(26-12-27-21)28-16(19(25)30)11-22(2,3)4/h7-8,10,12,16-17H,5-6,9,11H2,1-4H3,(H2,25,30)(H,26,27,28). The number of hydrogen-bond acceptors (Lipinski definition) is 5. The van der Waals surface area contributed by atoms with Gasteiger partial charge in [0.1, 0.15) is 12.4 Å². The summed E-state index contributed by atoms with van der Waals surface area (Å²) < 4.78 is 15.4. The lowest BCUT2D eigenvalue weighted by Crippen LogP contribution is -2.39. The van der Waals surface area contributed by atoms with Crippen molar-refractivity contribution in [2.45, 2.75) is 59.0 Å². The molecule has 1 aromatic carbocycles. The van der Waals surface area contributed by atoms with E-state index in [-0.39, 0.29) is 23.1 Å². The van der Waals surface area contributed by atoms with Crippen molar-refractivity contribution in [3.63, 3.8) is 0 Å². The normalized spacial score (nSPS) is 17.8. The van der Waals surface area contributed by atoms with Gasteiger partial charge in [0, 0.05) is 11.6 Å². The van der Waals surface area contributed by atoms with Gasteiger partial charge in [0.25, 0.3) is 0 Å². The number of halogens is 2. The third-order valence-electron chi connectivity index (χ3n) is 5.28. The summed E-state index contributed by atoms with van der Waals surface area (Å²) >= 11 is 6.48. The number of primary amides is 1. The van der Waals surface area contributed by atoms with E-state index in [4.69, 9.17) is 17.3 Å². The Labute approximate surface area is 182 Å². The van der Waals surface area contributed by atoms with Crippen molar-refractivity contribution in [1.82, 2.24) is 9.97 Å². The zero-order valence-electron chi connectivity index (χ0n) is 17.9. The number of nitrogens with one attached hydrogen (secondary N) is 1. The molecule has 8 heteroatoms. The molecule has 3 rings (SSSR count). The van der Waals surface area contributed by atoms with Crippen molar-refractivity contribution in [2.75, 3.05) is 16.8 Å². The van der Waals surface area contributed by atoms with Crippen LogP contribution in [0.3, 0.4) is 0 Å². The van der Waals surface area contributed by atoms with Gasteiger partial charge in [-0.3, -0.25) is 4.79 Å². The number of hydrogen-bond donors (Lipinski definition) is 2. The Balaban J connectivity index is 1.91. The van der Waals surface area contributed by atoms with E-state index in [9.17, 15) is 4.79 Å². The number of nitrogens with zero attached hydrogens (tertiary/aromatic N) is 3. The zero-order chi connectivity index (χ0) is 22.1. The third kappa shape index (κ3) is 5.01. The highest BCUT2D eigenvalue weighted by molar-refractivity contribution is 6.31. The SMILES string of the molecule is Cc1ccc(C2CCCN2c2ncnc(NC(CC(C)(C)C)C(N)=O)c2F)c(Cl)c1. The maximum absolute atomic E-state index is 15.4. The molecule has 30 heavy (non-hydrogen) atoms. The lowest BCUT2D eigenvalue weighted by molar-refractivity contribution is -0.119. The van der Waals surface area contributed by atoms with Gasteiger partial charge in [-0.2, -0.15) is 4.39 Å². The second kappa shape index (κ2) is 8.76. The van der Waals surface area contributed by atoms with E-state index in [2.05, 4.69) is 15.3 Å². The van der Waals surface area contributed by atoms with E-state index in [0.29, 0.717) is 18.0 Å². The molecule has 1 aromatic heterocycles.